The van der Waals surface area contributed by atoms with Crippen molar-refractivity contribution in [1.29, 1.82) is 0 Å². The normalized spacial score (nSPS) is 15.1. The van der Waals surface area contributed by atoms with E-state index >= 15 is 0 Å². The average Bonchev–Trinajstić information content (AvgIpc) is 4.00. The molecule has 342 valence electrons. The Kier molecular flexibility index (Phi) is 11.9. The van der Waals surface area contributed by atoms with Crippen molar-refractivity contribution in [3.05, 3.63) is 202 Å². The van der Waals surface area contributed by atoms with Gasteiger partial charge in [-0.05, 0) is 127 Å². The van der Waals surface area contributed by atoms with Gasteiger partial charge in [0.1, 0.15) is 23.1 Å². The van der Waals surface area contributed by atoms with E-state index in [2.05, 4.69) is 30.5 Å². The van der Waals surface area contributed by atoms with Crippen LogP contribution in [0, 0.1) is 6.92 Å². The van der Waals surface area contributed by atoms with E-state index in [4.69, 9.17) is 21.6 Å². The fraction of sp³-hybridized carbons (Fsp3) is 0.0566. The lowest BCUT2D eigenvalue weighted by molar-refractivity contribution is -0.114. The van der Waals surface area contributed by atoms with Gasteiger partial charge in [-0.1, -0.05) is 72.3 Å². The maximum atomic E-state index is 13.9. The molecule has 0 atom stereocenters. The van der Waals surface area contributed by atoms with Crippen LogP contribution in [0.3, 0.4) is 0 Å². The first-order chi connectivity index (χ1) is 34.0. The molecule has 0 bridgehead atoms. The molecule has 0 spiro atoms. The maximum absolute atomic E-state index is 13.9. The first kappa shape index (κ1) is 44.4. The van der Waals surface area contributed by atoms with Crippen LogP contribution in [0.25, 0.3) is 17.8 Å². The van der Waals surface area contributed by atoms with Gasteiger partial charge in [-0.25, -0.2) is 15.0 Å². The van der Waals surface area contributed by atoms with Gasteiger partial charge in [0.15, 0.2) is 17.0 Å². The number of para-hydroxylation sites is 2. The smallest absolute Gasteiger partial charge is 0.282 e. The van der Waals surface area contributed by atoms with E-state index in [0.717, 1.165) is 21.3 Å². The van der Waals surface area contributed by atoms with Crippen LogP contribution in [0.15, 0.2) is 200 Å². The van der Waals surface area contributed by atoms with Crippen LogP contribution in [0.1, 0.15) is 27.9 Å². The van der Waals surface area contributed by atoms with Crippen molar-refractivity contribution in [2.24, 2.45) is 30.4 Å². The highest BCUT2D eigenvalue weighted by atomic mass is 35.5. The van der Waals surface area contributed by atoms with E-state index in [1.165, 1.54) is 0 Å². The minimum absolute atomic E-state index is 0.0107. The second kappa shape index (κ2) is 18.7. The van der Waals surface area contributed by atoms with Crippen LogP contribution in [0.2, 0.25) is 5.02 Å². The highest BCUT2D eigenvalue weighted by Gasteiger charge is 2.34. The molecule has 8 aromatic rings. The molecule has 0 unspecified atom stereocenters. The lowest BCUT2D eigenvalue weighted by Crippen LogP contribution is -2.32. The number of aromatic nitrogens is 3. The number of nitrogens with zero attached hydrogens (tertiary/aromatic N) is 12. The molecule has 2 aliphatic rings. The molecule has 0 saturated carbocycles. The Morgan fingerprint density at radius 3 is 1.50 bits per heavy atom. The highest BCUT2D eigenvalue weighted by molar-refractivity contribution is 6.34. The van der Waals surface area contributed by atoms with E-state index in [1.54, 1.807) is 89.5 Å². The Morgan fingerprint density at radius 1 is 0.571 bits per heavy atom. The number of carbonyl (C=O) groups is 2. The molecule has 0 fully saturated rings. The number of anilines is 3. The lowest BCUT2D eigenvalue weighted by Gasteiger charge is -2.18. The Hall–Kier alpha value is -9.41. The molecule has 10 rings (SSSR count). The first-order valence-corrected chi connectivity index (χ1v) is 22.2. The summed E-state index contributed by atoms with van der Waals surface area (Å²) in [7, 11) is 3.94. The fourth-order valence-electron chi connectivity index (χ4n) is 7.69. The molecule has 0 saturated heterocycles. The Balaban J connectivity index is 0.880. The third-order valence-electron chi connectivity index (χ3n) is 11.3. The minimum Gasteiger partial charge on any atom is -0.492 e. The van der Waals surface area contributed by atoms with Crippen molar-refractivity contribution in [3.8, 4) is 11.8 Å². The summed E-state index contributed by atoms with van der Waals surface area (Å²) in [6, 6.07) is 47.5. The molecule has 4 heterocycles. The molecule has 0 radical (unpaired) electrons. The summed E-state index contributed by atoms with van der Waals surface area (Å²) in [4.78, 5) is 46.8. The molecular weight excluding hydrogens is 904 g/mol. The van der Waals surface area contributed by atoms with E-state index in [9.17, 15) is 19.8 Å². The summed E-state index contributed by atoms with van der Waals surface area (Å²) in [5.41, 5.74) is 6.92. The number of amidine groups is 2. The van der Waals surface area contributed by atoms with Crippen molar-refractivity contribution in [1.82, 2.24) is 14.6 Å². The van der Waals surface area contributed by atoms with E-state index in [1.807, 2.05) is 116 Å². The number of aryl methyl sites for hydroxylation is 1. The molecule has 2 aromatic heterocycles. The monoisotopic (exact) mass is 942 g/mol. The van der Waals surface area contributed by atoms with Crippen molar-refractivity contribution in [2.75, 3.05) is 28.8 Å². The Labute approximate surface area is 405 Å². The first-order valence-electron chi connectivity index (χ1n) is 21.8. The number of aliphatic imine (C=N–C) groups is 2. The number of hydrogen-bond donors (Lipinski definition) is 2. The largest absolute Gasteiger partial charge is 0.492 e. The molecule has 16 nitrogen and oxygen atoms in total. The van der Waals surface area contributed by atoms with Crippen LogP contribution in [-0.4, -0.2) is 62.4 Å². The summed E-state index contributed by atoms with van der Waals surface area (Å²) >= 11 is 6.08. The molecule has 6 aromatic carbocycles. The Bertz CT molecular complexity index is 3520. The summed E-state index contributed by atoms with van der Waals surface area (Å²) in [6.07, 6.45) is 3.48. The van der Waals surface area contributed by atoms with E-state index in [-0.39, 0.29) is 40.2 Å². The lowest BCUT2D eigenvalue weighted by atomic mass is 10.1. The third kappa shape index (κ3) is 8.80. The van der Waals surface area contributed by atoms with E-state index in [0.29, 0.717) is 56.3 Å². The molecule has 17 heteroatoms. The summed E-state index contributed by atoms with van der Waals surface area (Å²) < 4.78 is 1.01. The SMILES string of the molecule is Cc1nc2c(N=Nc3ccc(C4=N/C(=C/c5ccc(Cl)cc5)C(=O)N4c4ccccc4)cc3)c(O)nn2c(O)c1N=Nc1ccc(C2=N/C(=C/c3ccc(N(C)C)cc3)C(=O)N2c2ccccc2)cc1. The molecule has 2 aliphatic heterocycles. The number of azo groups is 2. The number of rotatable bonds is 11. The van der Waals surface area contributed by atoms with Crippen LogP contribution in [-0.2, 0) is 9.59 Å². The van der Waals surface area contributed by atoms with Gasteiger partial charge in [-0.2, -0.15) is 14.7 Å². The zero-order chi connectivity index (χ0) is 48.5. The average molecular weight is 943 g/mol. The van der Waals surface area contributed by atoms with Gasteiger partial charge in [0.05, 0.1) is 28.4 Å². The van der Waals surface area contributed by atoms with Crippen molar-refractivity contribution < 1.29 is 19.8 Å². The molecule has 70 heavy (non-hydrogen) atoms. The molecular formula is C53H39ClN12O4. The van der Waals surface area contributed by atoms with Crippen molar-refractivity contribution in [3.63, 3.8) is 0 Å². The summed E-state index contributed by atoms with van der Waals surface area (Å²) in [6.45, 7) is 1.63. The number of benzene rings is 6. The number of hydrogen-bond acceptors (Lipinski definition) is 13. The molecule has 2 N–H and O–H groups in total. The number of aromatic hydroxyl groups is 2. The van der Waals surface area contributed by atoms with Gasteiger partial charge >= 0.3 is 0 Å². The standard InChI is InChI=1S/C53H39ClN12O4/c1-32-45(60-58-38-24-18-35(19-25-38)48-57-44(31-34-16-28-40(29-17-34)63(2)3)52(69)65(48)42-12-8-5-9-13-42)53(70)66-49(55-32)46(50(67)62-66)61-59-39-26-20-36(21-27-39)47-56-43(30-33-14-22-37(54)23-15-33)51(68)64(47)41-10-6-4-7-11-41/h4-31,70H,1-3H3,(H,62,67)/b43-30+,44-31+,60-58?,61-59?. The van der Waals surface area contributed by atoms with Crippen LogP contribution >= 0.6 is 11.6 Å². The van der Waals surface area contributed by atoms with Gasteiger partial charge in [-0.3, -0.25) is 19.4 Å². The van der Waals surface area contributed by atoms with Gasteiger partial charge in [0.2, 0.25) is 5.88 Å². The zero-order valence-electron chi connectivity index (χ0n) is 37.6. The quantitative estimate of drug-likeness (QED) is 0.0952. The predicted octanol–water partition coefficient (Wildman–Crippen LogP) is 11.7. The fourth-order valence-corrected chi connectivity index (χ4v) is 7.81. The van der Waals surface area contributed by atoms with E-state index < -0.39 is 11.8 Å². The highest BCUT2D eigenvalue weighted by Crippen LogP contribution is 2.39. The van der Waals surface area contributed by atoms with Crippen LogP contribution in [0.5, 0.6) is 11.8 Å². The summed E-state index contributed by atoms with van der Waals surface area (Å²) in [5.74, 6) is -0.629. The third-order valence-corrected chi connectivity index (χ3v) is 11.5. The summed E-state index contributed by atoms with van der Waals surface area (Å²) in [5, 5.41) is 44.1. The topological polar surface area (TPSA) is 189 Å². The molecule has 2 amide bonds. The Morgan fingerprint density at radius 2 is 1.03 bits per heavy atom. The second-order valence-corrected chi connectivity index (χ2v) is 16.6. The van der Waals surface area contributed by atoms with Crippen molar-refractivity contribution >= 4 is 92.7 Å². The van der Waals surface area contributed by atoms with Crippen LogP contribution < -0.4 is 14.7 Å². The van der Waals surface area contributed by atoms with Crippen molar-refractivity contribution in [2.45, 2.75) is 6.92 Å². The maximum Gasteiger partial charge on any atom is 0.282 e. The van der Waals surface area contributed by atoms with Gasteiger partial charge in [0, 0.05) is 35.9 Å². The van der Waals surface area contributed by atoms with Crippen LogP contribution in [0.4, 0.5) is 39.8 Å². The van der Waals surface area contributed by atoms with Gasteiger partial charge in [0.25, 0.3) is 17.7 Å². The number of amides is 2. The molecule has 0 aliphatic carbocycles. The zero-order valence-corrected chi connectivity index (χ0v) is 38.4. The van der Waals surface area contributed by atoms with Gasteiger partial charge < -0.3 is 15.1 Å². The van der Waals surface area contributed by atoms with Gasteiger partial charge in [-0.15, -0.1) is 15.3 Å². The number of halogens is 1. The number of carbonyl (C=O) groups excluding carboxylic acids is 2. The minimum atomic E-state index is -0.525. The number of fused-ring (bicyclic) bond motifs is 1. The second-order valence-electron chi connectivity index (χ2n) is 16.2. The predicted molar refractivity (Wildman–Crippen MR) is 271 cm³/mol.